The van der Waals surface area contributed by atoms with Gasteiger partial charge >= 0.3 is 0 Å². The van der Waals surface area contributed by atoms with E-state index >= 15 is 0 Å². The van der Waals surface area contributed by atoms with Gasteiger partial charge in [-0.25, -0.2) is 0 Å². The van der Waals surface area contributed by atoms with E-state index in [1.807, 2.05) is 31.2 Å². The standard InChI is InChI=1S/C22H28N2O3/c1-5-14-27-19-9-7-6-8-18(19)24-20(25)15-23-21(26)16-10-12-17(13-11-16)22(2,3)4/h6-13H,5,14-15H2,1-4H3,(H,23,26)(H,24,25). The lowest BCUT2D eigenvalue weighted by Crippen LogP contribution is -2.33. The van der Waals surface area contributed by atoms with Gasteiger partial charge in [0, 0.05) is 5.56 Å². The summed E-state index contributed by atoms with van der Waals surface area (Å²) in [6, 6.07) is 14.7. The van der Waals surface area contributed by atoms with Crippen LogP contribution in [0.25, 0.3) is 0 Å². The molecule has 2 rings (SSSR count). The predicted octanol–water partition coefficient (Wildman–Crippen LogP) is 4.14. The number of rotatable bonds is 7. The van der Waals surface area contributed by atoms with Crippen LogP contribution in [0.4, 0.5) is 5.69 Å². The lowest BCUT2D eigenvalue weighted by Gasteiger charge is -2.19. The maximum Gasteiger partial charge on any atom is 0.251 e. The van der Waals surface area contributed by atoms with Crippen molar-refractivity contribution in [3.05, 3.63) is 59.7 Å². The van der Waals surface area contributed by atoms with Crippen molar-refractivity contribution < 1.29 is 14.3 Å². The minimum Gasteiger partial charge on any atom is -0.491 e. The summed E-state index contributed by atoms with van der Waals surface area (Å²) in [5.41, 5.74) is 2.31. The van der Waals surface area contributed by atoms with E-state index in [0.29, 0.717) is 23.6 Å². The summed E-state index contributed by atoms with van der Waals surface area (Å²) in [6.45, 7) is 8.85. The van der Waals surface area contributed by atoms with Crippen molar-refractivity contribution in [1.82, 2.24) is 5.32 Å². The fourth-order valence-corrected chi connectivity index (χ4v) is 2.49. The number of carbonyl (C=O) groups is 2. The lowest BCUT2D eigenvalue weighted by atomic mass is 9.87. The van der Waals surface area contributed by atoms with Crippen molar-refractivity contribution in [2.24, 2.45) is 0 Å². The Morgan fingerprint density at radius 3 is 2.30 bits per heavy atom. The number of para-hydroxylation sites is 2. The Labute approximate surface area is 161 Å². The largest absolute Gasteiger partial charge is 0.491 e. The summed E-state index contributed by atoms with van der Waals surface area (Å²) in [5.74, 6) is 0.0418. The van der Waals surface area contributed by atoms with Crippen LogP contribution in [0.5, 0.6) is 5.75 Å². The maximum atomic E-state index is 12.3. The fraction of sp³-hybridized carbons (Fsp3) is 0.364. The molecule has 0 aliphatic heterocycles. The zero-order valence-electron chi connectivity index (χ0n) is 16.5. The zero-order valence-corrected chi connectivity index (χ0v) is 16.5. The van der Waals surface area contributed by atoms with E-state index in [4.69, 9.17) is 4.74 Å². The van der Waals surface area contributed by atoms with Gasteiger partial charge in [0.25, 0.3) is 5.91 Å². The number of nitrogens with one attached hydrogen (secondary N) is 2. The van der Waals surface area contributed by atoms with Gasteiger partial charge in [0.15, 0.2) is 0 Å². The van der Waals surface area contributed by atoms with Crippen LogP contribution in [0.2, 0.25) is 0 Å². The first kappa shape index (κ1) is 20.5. The average Bonchev–Trinajstić information content (AvgIpc) is 2.65. The highest BCUT2D eigenvalue weighted by atomic mass is 16.5. The number of amides is 2. The van der Waals surface area contributed by atoms with Crippen LogP contribution in [0.15, 0.2) is 48.5 Å². The second kappa shape index (κ2) is 9.21. The molecule has 0 saturated carbocycles. The van der Waals surface area contributed by atoms with E-state index in [0.717, 1.165) is 12.0 Å². The van der Waals surface area contributed by atoms with E-state index in [1.54, 1.807) is 24.3 Å². The molecule has 27 heavy (non-hydrogen) atoms. The quantitative estimate of drug-likeness (QED) is 0.772. The van der Waals surface area contributed by atoms with E-state index < -0.39 is 0 Å². The third kappa shape index (κ3) is 6.13. The summed E-state index contributed by atoms with van der Waals surface area (Å²) in [5, 5.41) is 5.42. The molecular weight excluding hydrogens is 340 g/mol. The second-order valence-corrected chi connectivity index (χ2v) is 7.40. The normalized spacial score (nSPS) is 11.0. The minimum absolute atomic E-state index is 0.0299. The smallest absolute Gasteiger partial charge is 0.251 e. The monoisotopic (exact) mass is 368 g/mol. The molecule has 2 aromatic rings. The molecule has 5 heteroatoms. The van der Waals surface area contributed by atoms with Crippen LogP contribution in [-0.4, -0.2) is 25.0 Å². The molecule has 0 aromatic heterocycles. The molecule has 0 bridgehead atoms. The number of anilines is 1. The number of ether oxygens (including phenoxy) is 1. The first-order chi connectivity index (χ1) is 12.8. The molecule has 2 N–H and O–H groups in total. The van der Waals surface area contributed by atoms with Gasteiger partial charge in [-0.15, -0.1) is 0 Å². The second-order valence-electron chi connectivity index (χ2n) is 7.40. The van der Waals surface area contributed by atoms with Gasteiger partial charge in [0.05, 0.1) is 18.8 Å². The topological polar surface area (TPSA) is 67.4 Å². The average molecular weight is 368 g/mol. The van der Waals surface area contributed by atoms with Gasteiger partial charge in [0.2, 0.25) is 5.91 Å². The third-order valence-electron chi connectivity index (χ3n) is 4.05. The molecule has 0 fully saturated rings. The maximum absolute atomic E-state index is 12.3. The third-order valence-corrected chi connectivity index (χ3v) is 4.05. The summed E-state index contributed by atoms with van der Waals surface area (Å²) < 4.78 is 5.62. The van der Waals surface area contributed by atoms with Crippen LogP contribution in [0, 0.1) is 0 Å². The zero-order chi connectivity index (χ0) is 19.9. The highest BCUT2D eigenvalue weighted by Crippen LogP contribution is 2.24. The van der Waals surface area contributed by atoms with Gasteiger partial charge in [0.1, 0.15) is 5.75 Å². The first-order valence-corrected chi connectivity index (χ1v) is 9.21. The highest BCUT2D eigenvalue weighted by Gasteiger charge is 2.15. The van der Waals surface area contributed by atoms with Gasteiger partial charge in [-0.2, -0.15) is 0 Å². The highest BCUT2D eigenvalue weighted by molar-refractivity contribution is 5.99. The van der Waals surface area contributed by atoms with Crippen molar-refractivity contribution in [3.8, 4) is 5.75 Å². The van der Waals surface area contributed by atoms with E-state index in [1.165, 1.54) is 0 Å². The molecule has 2 amide bonds. The fourth-order valence-electron chi connectivity index (χ4n) is 2.49. The lowest BCUT2D eigenvalue weighted by molar-refractivity contribution is -0.115. The SMILES string of the molecule is CCCOc1ccccc1NC(=O)CNC(=O)c1ccc(C(C)(C)C)cc1. The molecule has 2 aromatic carbocycles. The molecule has 0 heterocycles. The molecule has 0 radical (unpaired) electrons. The minimum atomic E-state index is -0.304. The van der Waals surface area contributed by atoms with Crippen molar-refractivity contribution in [3.63, 3.8) is 0 Å². The molecule has 0 aliphatic carbocycles. The Kier molecular flexibility index (Phi) is 6.99. The van der Waals surface area contributed by atoms with Crippen LogP contribution < -0.4 is 15.4 Å². The Morgan fingerprint density at radius 2 is 1.67 bits per heavy atom. The number of carbonyl (C=O) groups excluding carboxylic acids is 2. The summed E-state index contributed by atoms with van der Waals surface area (Å²) in [7, 11) is 0. The Balaban J connectivity index is 1.91. The predicted molar refractivity (Wildman–Crippen MR) is 108 cm³/mol. The van der Waals surface area contributed by atoms with E-state index in [-0.39, 0.29) is 23.8 Å². The summed E-state index contributed by atoms with van der Waals surface area (Å²) in [4.78, 5) is 24.4. The van der Waals surface area contributed by atoms with Crippen LogP contribution in [0.3, 0.4) is 0 Å². The van der Waals surface area contributed by atoms with Crippen LogP contribution >= 0.6 is 0 Å². The number of benzene rings is 2. The van der Waals surface area contributed by atoms with Crippen molar-refractivity contribution >= 4 is 17.5 Å². The van der Waals surface area contributed by atoms with Crippen molar-refractivity contribution in [1.29, 1.82) is 0 Å². The Bertz CT molecular complexity index is 777. The summed E-state index contributed by atoms with van der Waals surface area (Å²) in [6.07, 6.45) is 0.881. The molecule has 0 unspecified atom stereocenters. The van der Waals surface area contributed by atoms with Crippen LogP contribution in [0.1, 0.15) is 50.0 Å². The Hall–Kier alpha value is -2.82. The van der Waals surface area contributed by atoms with Gasteiger partial charge < -0.3 is 15.4 Å². The number of hydrogen-bond acceptors (Lipinski definition) is 3. The van der Waals surface area contributed by atoms with Gasteiger partial charge in [-0.1, -0.05) is 52.0 Å². The molecule has 5 nitrogen and oxygen atoms in total. The van der Waals surface area contributed by atoms with E-state index in [2.05, 4.69) is 31.4 Å². The molecule has 0 spiro atoms. The Morgan fingerprint density at radius 1 is 1.00 bits per heavy atom. The molecule has 0 atom stereocenters. The van der Waals surface area contributed by atoms with E-state index in [9.17, 15) is 9.59 Å². The molecule has 0 aliphatic rings. The van der Waals surface area contributed by atoms with Gasteiger partial charge in [-0.05, 0) is 41.7 Å². The van der Waals surface area contributed by atoms with Crippen molar-refractivity contribution in [2.75, 3.05) is 18.5 Å². The van der Waals surface area contributed by atoms with Crippen molar-refractivity contribution in [2.45, 2.75) is 39.5 Å². The first-order valence-electron chi connectivity index (χ1n) is 9.21. The van der Waals surface area contributed by atoms with Gasteiger partial charge in [-0.3, -0.25) is 9.59 Å². The summed E-state index contributed by atoms with van der Waals surface area (Å²) >= 11 is 0. The molecular formula is C22H28N2O3. The van der Waals surface area contributed by atoms with Crippen LogP contribution in [-0.2, 0) is 10.2 Å². The molecule has 144 valence electrons. The number of hydrogen-bond donors (Lipinski definition) is 2. The molecule has 0 saturated heterocycles.